The van der Waals surface area contributed by atoms with Crippen LogP contribution in [0.5, 0.6) is 0 Å². The quantitative estimate of drug-likeness (QED) is 0.642. The molecule has 2 aromatic heterocycles. The van der Waals surface area contributed by atoms with E-state index in [4.69, 9.17) is 0 Å². The van der Waals surface area contributed by atoms with E-state index >= 15 is 0 Å². The summed E-state index contributed by atoms with van der Waals surface area (Å²) in [6.45, 7) is 0.626. The second kappa shape index (κ2) is 7.38. The van der Waals surface area contributed by atoms with E-state index in [-0.39, 0.29) is 5.91 Å². The normalized spacial score (nSPS) is 10.7. The molecule has 0 spiro atoms. The Labute approximate surface area is 142 Å². The number of thioether (sulfide) groups is 1. The summed E-state index contributed by atoms with van der Waals surface area (Å²) < 4.78 is 1.64. The van der Waals surface area contributed by atoms with Crippen molar-refractivity contribution in [2.24, 2.45) is 0 Å². The molecule has 0 bridgehead atoms. The third kappa shape index (κ3) is 3.96. The van der Waals surface area contributed by atoms with Crippen LogP contribution in [0.25, 0.3) is 5.69 Å². The number of nitrogens with zero attached hydrogens (tertiary/aromatic N) is 5. The molecule has 0 aliphatic heterocycles. The van der Waals surface area contributed by atoms with Crippen LogP contribution in [0, 0.1) is 0 Å². The van der Waals surface area contributed by atoms with Gasteiger partial charge in [-0.15, -0.1) is 16.4 Å². The van der Waals surface area contributed by atoms with Crippen LogP contribution in [0.2, 0.25) is 0 Å². The monoisotopic (exact) mass is 345 g/mol. The first-order valence-corrected chi connectivity index (χ1v) is 8.83. The zero-order valence-corrected chi connectivity index (χ0v) is 14.1. The Morgan fingerprint density at radius 3 is 2.83 bits per heavy atom. The van der Waals surface area contributed by atoms with Crippen molar-refractivity contribution in [3.05, 3.63) is 52.7 Å². The summed E-state index contributed by atoms with van der Waals surface area (Å²) in [7, 11) is 1.81. The highest BCUT2D eigenvalue weighted by atomic mass is 32.2. The van der Waals surface area contributed by atoms with Gasteiger partial charge in [0, 0.05) is 11.9 Å². The maximum Gasteiger partial charge on any atom is 0.233 e. The van der Waals surface area contributed by atoms with E-state index in [9.17, 15) is 4.79 Å². The Morgan fingerprint density at radius 1 is 1.26 bits per heavy atom. The molecule has 0 fully saturated rings. The Morgan fingerprint density at radius 2 is 2.09 bits per heavy atom. The lowest BCUT2D eigenvalue weighted by atomic mass is 10.3. The van der Waals surface area contributed by atoms with Crippen molar-refractivity contribution < 1.29 is 4.79 Å². The van der Waals surface area contributed by atoms with Crippen LogP contribution in [-0.2, 0) is 11.3 Å². The number of carbonyl (C=O) groups is 1. The van der Waals surface area contributed by atoms with Crippen LogP contribution in [0.4, 0.5) is 0 Å². The van der Waals surface area contributed by atoms with Gasteiger partial charge in [-0.3, -0.25) is 4.79 Å². The number of thiophene rings is 1. The molecule has 0 saturated carbocycles. The van der Waals surface area contributed by atoms with Gasteiger partial charge in [-0.1, -0.05) is 36.0 Å². The second-order valence-corrected chi connectivity index (χ2v) is 6.80. The summed E-state index contributed by atoms with van der Waals surface area (Å²) in [5, 5.41) is 14.3. The molecule has 23 heavy (non-hydrogen) atoms. The first-order valence-electron chi connectivity index (χ1n) is 6.97. The Balaban J connectivity index is 1.60. The molecule has 0 unspecified atom stereocenters. The van der Waals surface area contributed by atoms with Crippen LogP contribution < -0.4 is 0 Å². The Bertz CT molecular complexity index is 757. The van der Waals surface area contributed by atoms with Crippen LogP contribution in [0.15, 0.2) is 53.0 Å². The maximum atomic E-state index is 12.2. The number of carbonyl (C=O) groups excluding carboxylic acids is 1. The van der Waals surface area contributed by atoms with Gasteiger partial charge in [-0.05, 0) is 34.0 Å². The average molecular weight is 345 g/mol. The first-order chi connectivity index (χ1) is 11.2. The van der Waals surface area contributed by atoms with E-state index in [2.05, 4.69) is 15.5 Å². The van der Waals surface area contributed by atoms with E-state index in [1.165, 1.54) is 16.6 Å². The molecule has 3 aromatic rings. The number of benzene rings is 1. The Hall–Kier alpha value is -2.19. The fourth-order valence-electron chi connectivity index (χ4n) is 1.96. The molecule has 0 aliphatic carbocycles. The highest BCUT2D eigenvalue weighted by Gasteiger charge is 2.14. The van der Waals surface area contributed by atoms with Gasteiger partial charge in [0.1, 0.15) is 0 Å². The first kappa shape index (κ1) is 15.7. The maximum absolute atomic E-state index is 12.2. The van der Waals surface area contributed by atoms with Gasteiger partial charge >= 0.3 is 0 Å². The molecule has 6 nitrogen and oxygen atoms in total. The van der Waals surface area contributed by atoms with Gasteiger partial charge in [-0.25, -0.2) is 0 Å². The van der Waals surface area contributed by atoms with Crippen molar-refractivity contribution in [1.82, 2.24) is 25.1 Å². The van der Waals surface area contributed by atoms with Gasteiger partial charge in [0.25, 0.3) is 0 Å². The molecular formula is C15H15N5OS2. The molecular weight excluding hydrogens is 330 g/mol. The summed E-state index contributed by atoms with van der Waals surface area (Å²) in [6, 6.07) is 13.6. The molecule has 2 heterocycles. The minimum atomic E-state index is 0.0472. The lowest BCUT2D eigenvalue weighted by Gasteiger charge is -2.15. The van der Waals surface area contributed by atoms with Crippen LogP contribution in [0.3, 0.4) is 0 Å². The fraction of sp³-hybridized carbons (Fsp3) is 0.200. The molecule has 1 amide bonds. The number of tetrazole rings is 1. The Kier molecular flexibility index (Phi) is 5.04. The third-order valence-electron chi connectivity index (χ3n) is 3.17. The number of amides is 1. The highest BCUT2D eigenvalue weighted by Crippen LogP contribution is 2.19. The van der Waals surface area contributed by atoms with E-state index in [1.807, 2.05) is 54.9 Å². The number of rotatable bonds is 6. The lowest BCUT2D eigenvalue weighted by Crippen LogP contribution is -2.27. The smallest absolute Gasteiger partial charge is 0.233 e. The SMILES string of the molecule is CN(Cc1cccs1)C(=O)CSc1nnnn1-c1ccccc1. The average Bonchev–Trinajstić information content (AvgIpc) is 3.24. The molecule has 0 saturated heterocycles. The molecule has 8 heteroatoms. The van der Waals surface area contributed by atoms with Gasteiger partial charge in [0.05, 0.1) is 18.0 Å². The molecule has 0 N–H and O–H groups in total. The molecule has 3 rings (SSSR count). The molecule has 1 aromatic carbocycles. The van der Waals surface area contributed by atoms with Crippen molar-refractivity contribution in [3.8, 4) is 5.69 Å². The molecule has 0 radical (unpaired) electrons. The van der Waals surface area contributed by atoms with E-state index in [0.717, 1.165) is 5.69 Å². The van der Waals surface area contributed by atoms with Gasteiger partial charge < -0.3 is 4.90 Å². The standard InChI is InChI=1S/C15H15N5OS2/c1-19(10-13-8-5-9-22-13)14(21)11-23-15-16-17-18-20(15)12-6-3-2-4-7-12/h2-9H,10-11H2,1H3. The summed E-state index contributed by atoms with van der Waals surface area (Å²) in [5.41, 5.74) is 0.874. The second-order valence-electron chi connectivity index (χ2n) is 4.83. The fourth-order valence-corrected chi connectivity index (χ4v) is 3.55. The topological polar surface area (TPSA) is 63.9 Å². The zero-order valence-electron chi connectivity index (χ0n) is 12.5. The minimum Gasteiger partial charge on any atom is -0.340 e. The largest absolute Gasteiger partial charge is 0.340 e. The van der Waals surface area contributed by atoms with Crippen molar-refractivity contribution in [1.29, 1.82) is 0 Å². The van der Waals surface area contributed by atoms with Gasteiger partial charge in [-0.2, -0.15) is 4.68 Å². The van der Waals surface area contributed by atoms with Crippen molar-refractivity contribution in [3.63, 3.8) is 0 Å². The highest BCUT2D eigenvalue weighted by molar-refractivity contribution is 7.99. The number of hydrogen-bond acceptors (Lipinski definition) is 6. The van der Waals surface area contributed by atoms with Gasteiger partial charge in [0.15, 0.2) is 0 Å². The molecule has 118 valence electrons. The summed E-state index contributed by atoms with van der Waals surface area (Å²) in [4.78, 5) is 15.1. The van der Waals surface area contributed by atoms with Crippen LogP contribution in [0.1, 0.15) is 4.88 Å². The summed E-state index contributed by atoms with van der Waals surface area (Å²) in [6.07, 6.45) is 0. The zero-order chi connectivity index (χ0) is 16.1. The molecule has 0 aliphatic rings. The third-order valence-corrected chi connectivity index (χ3v) is 4.93. The van der Waals surface area contributed by atoms with Crippen molar-refractivity contribution in [2.45, 2.75) is 11.7 Å². The summed E-state index contributed by atoms with van der Waals surface area (Å²) in [5.74, 6) is 0.348. The van der Waals surface area contributed by atoms with E-state index in [0.29, 0.717) is 17.5 Å². The summed E-state index contributed by atoms with van der Waals surface area (Å²) >= 11 is 2.98. The van der Waals surface area contributed by atoms with Gasteiger partial charge in [0.2, 0.25) is 11.1 Å². The molecule has 0 atom stereocenters. The predicted octanol–water partition coefficient (Wildman–Crippen LogP) is 2.47. The van der Waals surface area contributed by atoms with Crippen molar-refractivity contribution in [2.75, 3.05) is 12.8 Å². The van der Waals surface area contributed by atoms with Crippen molar-refractivity contribution >= 4 is 29.0 Å². The number of aromatic nitrogens is 4. The van der Waals surface area contributed by atoms with Crippen LogP contribution >= 0.6 is 23.1 Å². The number of para-hydroxylation sites is 1. The number of hydrogen-bond donors (Lipinski definition) is 0. The minimum absolute atomic E-state index is 0.0472. The lowest BCUT2D eigenvalue weighted by molar-refractivity contribution is -0.127. The van der Waals surface area contributed by atoms with Crippen LogP contribution in [-0.4, -0.2) is 43.8 Å². The van der Waals surface area contributed by atoms with E-state index < -0.39 is 0 Å². The van der Waals surface area contributed by atoms with E-state index in [1.54, 1.807) is 20.9 Å². The predicted molar refractivity (Wildman–Crippen MR) is 90.7 cm³/mol.